The van der Waals surface area contributed by atoms with E-state index in [4.69, 9.17) is 4.42 Å². The van der Waals surface area contributed by atoms with Crippen LogP contribution in [-0.2, 0) is 0 Å². The summed E-state index contributed by atoms with van der Waals surface area (Å²) in [6.07, 6.45) is 0. The largest absolute Gasteiger partial charge is 0.422 e. The lowest BCUT2D eigenvalue weighted by Gasteiger charge is -2.04. The molecule has 92 valence electrons. The molecule has 1 aromatic heterocycles. The van der Waals surface area contributed by atoms with Gasteiger partial charge in [-0.3, -0.25) is 4.79 Å². The molecule has 4 nitrogen and oxygen atoms in total. The Kier molecular flexibility index (Phi) is 2.12. The first-order valence-corrected chi connectivity index (χ1v) is 7.17. The maximum Gasteiger partial charge on any atom is 0.345 e. The van der Waals surface area contributed by atoms with E-state index in [-0.39, 0.29) is 10.5 Å². The highest BCUT2D eigenvalue weighted by atomic mass is 32.1. The van der Waals surface area contributed by atoms with E-state index in [1.165, 1.54) is 11.3 Å². The number of rotatable bonds is 0. The summed E-state index contributed by atoms with van der Waals surface area (Å²) in [7, 11) is 0. The topological polar surface area (TPSA) is 60.2 Å². The van der Waals surface area contributed by atoms with Gasteiger partial charge in [-0.05, 0) is 6.07 Å². The van der Waals surface area contributed by atoms with Crippen molar-refractivity contribution in [2.24, 2.45) is 0 Å². The molecular weight excluding hydrogens is 282 g/mol. The number of nitrogens with zero attached hydrogens (tertiary/aromatic N) is 1. The van der Waals surface area contributed by atoms with Crippen LogP contribution in [0.2, 0.25) is 0 Å². The number of para-hydroxylation sites is 1. The molecule has 0 saturated carbocycles. The molecule has 6 heteroatoms. The maximum absolute atomic E-state index is 12.0. The van der Waals surface area contributed by atoms with Gasteiger partial charge in [-0.15, -0.1) is 11.3 Å². The summed E-state index contributed by atoms with van der Waals surface area (Å²) in [4.78, 5) is 27.9. The van der Waals surface area contributed by atoms with Crippen LogP contribution in [0.25, 0.3) is 31.6 Å². The molecule has 0 fully saturated rings. The van der Waals surface area contributed by atoms with E-state index in [1.807, 2.05) is 18.2 Å². The second kappa shape index (κ2) is 3.72. The molecule has 1 aromatic carbocycles. The van der Waals surface area contributed by atoms with Gasteiger partial charge in [-0.2, -0.15) is 4.98 Å². The van der Waals surface area contributed by atoms with Gasteiger partial charge in [0.25, 0.3) is 0 Å². The maximum atomic E-state index is 12.0. The molecule has 4 rings (SSSR count). The third kappa shape index (κ3) is 1.47. The van der Waals surface area contributed by atoms with Crippen LogP contribution in [0.5, 0.6) is 0 Å². The average Bonchev–Trinajstić information content (AvgIpc) is 2.79. The molecule has 0 atom stereocenters. The van der Waals surface area contributed by atoms with Crippen LogP contribution >= 0.6 is 22.7 Å². The van der Waals surface area contributed by atoms with E-state index in [2.05, 4.69) is 4.98 Å². The van der Waals surface area contributed by atoms with Crippen LogP contribution in [0.1, 0.15) is 0 Å². The lowest BCUT2D eigenvalue weighted by atomic mass is 10.1. The molecule has 2 aliphatic rings. The Hall–Kier alpha value is -2.05. The van der Waals surface area contributed by atoms with Crippen molar-refractivity contribution in [2.45, 2.75) is 0 Å². The van der Waals surface area contributed by atoms with Gasteiger partial charge in [0.2, 0.25) is 0 Å². The van der Waals surface area contributed by atoms with Crippen LogP contribution in [0, 0.1) is 0 Å². The number of hydrogen-bond acceptors (Lipinski definition) is 6. The standard InChI is InChI=1S/C13H5NO3S2/c15-12-7-5-18-11-10(19-13(16)14-11)9(7)6-3-1-2-4-8(6)17-12/h1-5H. The third-order valence-corrected chi connectivity index (χ3v) is 4.81. The highest BCUT2D eigenvalue weighted by molar-refractivity contribution is 7.21. The predicted octanol–water partition coefficient (Wildman–Crippen LogP) is 2.93. The van der Waals surface area contributed by atoms with Crippen molar-refractivity contribution < 1.29 is 4.42 Å². The summed E-state index contributed by atoms with van der Waals surface area (Å²) < 4.78 is 5.29. The fourth-order valence-corrected chi connectivity index (χ4v) is 4.04. The number of aromatic nitrogens is 1. The SMILES string of the molecule is O=c1nc2scc3c(=O)oc4ccccc4c3c-2s1. The second-order valence-corrected chi connectivity index (χ2v) is 5.84. The monoisotopic (exact) mass is 287 g/mol. The van der Waals surface area contributed by atoms with E-state index in [0.29, 0.717) is 16.0 Å². The lowest BCUT2D eigenvalue weighted by Crippen LogP contribution is -1.99. The van der Waals surface area contributed by atoms with Crippen LogP contribution in [0.4, 0.5) is 0 Å². The summed E-state index contributed by atoms with van der Waals surface area (Å²) in [5.74, 6) is 0. The minimum Gasteiger partial charge on any atom is -0.422 e. The Morgan fingerprint density at radius 3 is 2.84 bits per heavy atom. The zero-order valence-electron chi connectivity index (χ0n) is 9.38. The van der Waals surface area contributed by atoms with Crippen molar-refractivity contribution in [2.75, 3.05) is 0 Å². The lowest BCUT2D eigenvalue weighted by molar-refractivity contribution is 0.570. The first-order valence-electron chi connectivity index (χ1n) is 5.48. The van der Waals surface area contributed by atoms with E-state index in [0.717, 1.165) is 27.0 Å². The van der Waals surface area contributed by atoms with Crippen LogP contribution in [0.3, 0.4) is 0 Å². The second-order valence-electron chi connectivity index (χ2n) is 4.02. The van der Waals surface area contributed by atoms with Gasteiger partial charge in [0.15, 0.2) is 0 Å². The molecule has 0 amide bonds. The van der Waals surface area contributed by atoms with Crippen LogP contribution < -0.4 is 10.5 Å². The molecule has 0 saturated heterocycles. The van der Waals surface area contributed by atoms with E-state index in [1.54, 1.807) is 11.4 Å². The average molecular weight is 287 g/mol. The minimum absolute atomic E-state index is 0.240. The zero-order chi connectivity index (χ0) is 13.0. The van der Waals surface area contributed by atoms with Crippen molar-refractivity contribution in [1.29, 1.82) is 0 Å². The first kappa shape index (κ1) is 10.8. The smallest absolute Gasteiger partial charge is 0.345 e. The number of fused-ring (bicyclic) bond motifs is 5. The Bertz CT molecular complexity index is 1010. The highest BCUT2D eigenvalue weighted by Gasteiger charge is 2.18. The molecule has 0 aliphatic carbocycles. The van der Waals surface area contributed by atoms with Gasteiger partial charge < -0.3 is 4.42 Å². The quantitative estimate of drug-likeness (QED) is 0.368. The summed E-state index contributed by atoms with van der Waals surface area (Å²) in [6.45, 7) is 0. The minimum atomic E-state index is -0.382. The molecule has 19 heavy (non-hydrogen) atoms. The summed E-state index contributed by atoms with van der Waals surface area (Å²) in [5.41, 5.74) is 0.144. The molecule has 2 aliphatic heterocycles. The van der Waals surface area contributed by atoms with Gasteiger partial charge in [-0.1, -0.05) is 29.5 Å². The molecule has 3 heterocycles. The van der Waals surface area contributed by atoms with Crippen molar-refractivity contribution in [3.8, 4) is 9.88 Å². The molecule has 0 radical (unpaired) electrons. The Morgan fingerprint density at radius 2 is 1.95 bits per heavy atom. The van der Waals surface area contributed by atoms with Crippen molar-refractivity contribution in [1.82, 2.24) is 4.98 Å². The van der Waals surface area contributed by atoms with Gasteiger partial charge in [-0.25, -0.2) is 4.79 Å². The highest BCUT2D eigenvalue weighted by Crippen LogP contribution is 2.37. The summed E-state index contributed by atoms with van der Waals surface area (Å²) >= 11 is 2.36. The Labute approximate surface area is 113 Å². The van der Waals surface area contributed by atoms with Crippen molar-refractivity contribution in [3.63, 3.8) is 0 Å². The van der Waals surface area contributed by atoms with Crippen LogP contribution in [0.15, 0.2) is 43.7 Å². The van der Waals surface area contributed by atoms with E-state index < -0.39 is 0 Å². The molecular formula is C13H5NO3S2. The number of hydrogen-bond donors (Lipinski definition) is 0. The normalized spacial score (nSPS) is 11.6. The molecule has 0 N–H and O–H groups in total. The first-order chi connectivity index (χ1) is 9.24. The molecule has 0 bridgehead atoms. The van der Waals surface area contributed by atoms with Gasteiger partial charge in [0.1, 0.15) is 10.6 Å². The Morgan fingerprint density at radius 1 is 1.11 bits per heavy atom. The van der Waals surface area contributed by atoms with Gasteiger partial charge in [0.05, 0.1) is 10.3 Å². The molecule has 0 spiro atoms. The fraction of sp³-hybridized carbons (Fsp3) is 0. The third-order valence-electron chi connectivity index (χ3n) is 2.94. The van der Waals surface area contributed by atoms with E-state index in [9.17, 15) is 9.59 Å². The van der Waals surface area contributed by atoms with E-state index >= 15 is 0 Å². The van der Waals surface area contributed by atoms with Gasteiger partial charge >= 0.3 is 10.5 Å². The van der Waals surface area contributed by atoms with Crippen molar-refractivity contribution >= 4 is 44.4 Å². The summed E-state index contributed by atoms with van der Waals surface area (Å²) in [5, 5.41) is 4.46. The molecule has 2 aromatic rings. The molecule has 0 unspecified atom stereocenters. The van der Waals surface area contributed by atoms with Crippen LogP contribution in [-0.4, -0.2) is 4.98 Å². The fourth-order valence-electron chi connectivity index (χ4n) is 2.16. The zero-order valence-corrected chi connectivity index (χ0v) is 11.0. The number of thiazole rings is 1. The summed E-state index contributed by atoms with van der Waals surface area (Å²) in [6, 6.07) is 7.32. The number of benzene rings is 1. The Balaban J connectivity index is 2.43. The van der Waals surface area contributed by atoms with Crippen molar-refractivity contribution in [3.05, 3.63) is 49.7 Å². The predicted molar refractivity (Wildman–Crippen MR) is 76.4 cm³/mol. The van der Waals surface area contributed by atoms with Gasteiger partial charge in [0, 0.05) is 16.2 Å².